The van der Waals surface area contributed by atoms with Crippen molar-refractivity contribution in [3.8, 4) is 0 Å². The molecule has 0 aliphatic carbocycles. The van der Waals surface area contributed by atoms with E-state index in [4.69, 9.17) is 14.2 Å². The molecule has 6 nitrogen and oxygen atoms in total. The topological polar surface area (TPSA) is 78.9 Å². The fourth-order valence-electron chi connectivity index (χ4n) is 10.6. The van der Waals surface area contributed by atoms with Crippen LogP contribution < -0.4 is 0 Å². The Morgan fingerprint density at radius 1 is 0.266 bits per heavy atom. The molecular formula is C73H134O6. The Morgan fingerprint density at radius 3 is 0.772 bits per heavy atom. The summed E-state index contributed by atoms with van der Waals surface area (Å²) >= 11 is 0. The summed E-state index contributed by atoms with van der Waals surface area (Å²) in [7, 11) is 0. The van der Waals surface area contributed by atoms with E-state index in [9.17, 15) is 14.4 Å². The van der Waals surface area contributed by atoms with Crippen LogP contribution in [0.4, 0.5) is 0 Å². The Hall–Kier alpha value is -2.63. The molecule has 0 heterocycles. The molecule has 0 aromatic heterocycles. The SMILES string of the molecule is CC/C=C\C/C=C\C/C=C\C/C=C\CCCCCCCCCCCCCCCCCCCCCCC(=O)OCC(COC(=O)CCCCCCCCCCCC)OC(=O)CCCCCCCCCCCCCCCCCCCC. The predicted molar refractivity (Wildman–Crippen MR) is 344 cm³/mol. The van der Waals surface area contributed by atoms with E-state index in [0.717, 1.165) is 83.5 Å². The maximum absolute atomic E-state index is 12.9. The molecule has 0 amide bonds. The van der Waals surface area contributed by atoms with Gasteiger partial charge in [0.2, 0.25) is 0 Å². The molecule has 0 rings (SSSR count). The molecule has 0 bridgehead atoms. The van der Waals surface area contributed by atoms with Gasteiger partial charge < -0.3 is 14.2 Å². The average molecular weight is 1110 g/mol. The molecule has 0 aliphatic heterocycles. The number of unbranched alkanes of at least 4 members (excludes halogenated alkanes) is 46. The van der Waals surface area contributed by atoms with Crippen molar-refractivity contribution in [2.75, 3.05) is 13.2 Å². The molecular weight excluding hydrogens is 973 g/mol. The van der Waals surface area contributed by atoms with Crippen LogP contribution in [0.3, 0.4) is 0 Å². The van der Waals surface area contributed by atoms with Crippen LogP contribution in [0.2, 0.25) is 0 Å². The number of rotatable bonds is 65. The summed E-state index contributed by atoms with van der Waals surface area (Å²) in [5.74, 6) is -0.837. The minimum absolute atomic E-state index is 0.0649. The maximum Gasteiger partial charge on any atom is 0.306 e. The van der Waals surface area contributed by atoms with Crippen LogP contribution >= 0.6 is 0 Å². The first-order valence-electron chi connectivity index (χ1n) is 35.1. The molecule has 0 aromatic rings. The lowest BCUT2D eigenvalue weighted by Gasteiger charge is -2.18. The van der Waals surface area contributed by atoms with Crippen molar-refractivity contribution in [1.82, 2.24) is 0 Å². The van der Waals surface area contributed by atoms with Gasteiger partial charge in [-0.25, -0.2) is 0 Å². The molecule has 0 spiro atoms. The third kappa shape index (κ3) is 66.1. The van der Waals surface area contributed by atoms with Crippen LogP contribution in [0.1, 0.15) is 380 Å². The van der Waals surface area contributed by atoms with Crippen molar-refractivity contribution in [2.45, 2.75) is 386 Å². The molecule has 0 aliphatic rings. The fourth-order valence-corrected chi connectivity index (χ4v) is 10.6. The molecule has 0 saturated carbocycles. The van der Waals surface area contributed by atoms with E-state index < -0.39 is 6.10 Å². The van der Waals surface area contributed by atoms with Crippen LogP contribution in [-0.4, -0.2) is 37.2 Å². The average Bonchev–Trinajstić information content (AvgIpc) is 3.45. The Bertz CT molecular complexity index is 1360. The standard InChI is InChI=1S/C73H134O6/c1-4-7-10-13-16-19-22-24-26-28-30-31-32-33-34-35-36-37-38-39-40-41-42-43-44-46-47-49-51-54-57-60-63-66-72(75)78-69-70(68-77-71(74)65-62-59-56-53-21-18-15-12-9-6-3)79-73(76)67-64-61-58-55-52-50-48-45-29-27-25-23-20-17-14-11-8-5-2/h7,10,16,19,24,26,30-31,70H,4-6,8-9,11-15,17-18,20-23,25,27-29,32-69H2,1-3H3/b10-7-,19-16-,26-24-,31-30-. The summed E-state index contributed by atoms with van der Waals surface area (Å²) in [5.41, 5.74) is 0. The summed E-state index contributed by atoms with van der Waals surface area (Å²) < 4.78 is 16.9. The van der Waals surface area contributed by atoms with Crippen molar-refractivity contribution >= 4 is 17.9 Å². The number of carbonyl (C=O) groups is 3. The number of allylic oxidation sites excluding steroid dienone is 8. The van der Waals surface area contributed by atoms with E-state index in [1.165, 1.54) is 257 Å². The summed E-state index contributed by atoms with van der Waals surface area (Å²) in [6, 6.07) is 0. The largest absolute Gasteiger partial charge is 0.462 e. The van der Waals surface area contributed by atoms with E-state index in [1.54, 1.807) is 0 Å². The van der Waals surface area contributed by atoms with Gasteiger partial charge >= 0.3 is 17.9 Å². The lowest BCUT2D eigenvalue weighted by Crippen LogP contribution is -2.30. The summed E-state index contributed by atoms with van der Waals surface area (Å²) in [5, 5.41) is 0. The summed E-state index contributed by atoms with van der Waals surface area (Å²) in [6.45, 7) is 6.58. The number of carbonyl (C=O) groups excluding carboxylic acids is 3. The van der Waals surface area contributed by atoms with E-state index in [0.29, 0.717) is 19.3 Å². The van der Waals surface area contributed by atoms with Gasteiger partial charge in [0.25, 0.3) is 0 Å². The number of esters is 3. The highest BCUT2D eigenvalue weighted by Gasteiger charge is 2.19. The normalized spacial score (nSPS) is 12.3. The summed E-state index contributed by atoms with van der Waals surface area (Å²) in [4.78, 5) is 38.3. The number of hydrogen-bond acceptors (Lipinski definition) is 6. The molecule has 0 aromatic carbocycles. The van der Waals surface area contributed by atoms with E-state index in [2.05, 4.69) is 69.4 Å². The smallest absolute Gasteiger partial charge is 0.306 e. The van der Waals surface area contributed by atoms with Crippen LogP contribution in [0.25, 0.3) is 0 Å². The third-order valence-corrected chi connectivity index (χ3v) is 15.8. The maximum atomic E-state index is 12.9. The second-order valence-corrected chi connectivity index (χ2v) is 23.8. The molecule has 0 fully saturated rings. The Balaban J connectivity index is 4.05. The lowest BCUT2D eigenvalue weighted by molar-refractivity contribution is -0.167. The number of ether oxygens (including phenoxy) is 3. The van der Waals surface area contributed by atoms with Gasteiger partial charge in [0.05, 0.1) is 0 Å². The minimum atomic E-state index is -0.766. The lowest BCUT2D eigenvalue weighted by atomic mass is 10.0. The zero-order valence-electron chi connectivity index (χ0n) is 53.2. The van der Waals surface area contributed by atoms with Crippen molar-refractivity contribution in [3.05, 3.63) is 48.6 Å². The molecule has 79 heavy (non-hydrogen) atoms. The van der Waals surface area contributed by atoms with Crippen LogP contribution in [0.15, 0.2) is 48.6 Å². The zero-order chi connectivity index (χ0) is 57.1. The zero-order valence-corrected chi connectivity index (χ0v) is 53.2. The first kappa shape index (κ1) is 76.4. The molecule has 0 radical (unpaired) electrons. The predicted octanol–water partition coefficient (Wildman–Crippen LogP) is 24.1. The molecule has 0 saturated heterocycles. The van der Waals surface area contributed by atoms with Crippen LogP contribution in [0.5, 0.6) is 0 Å². The van der Waals surface area contributed by atoms with Gasteiger partial charge in [-0.2, -0.15) is 0 Å². The molecule has 6 heteroatoms. The van der Waals surface area contributed by atoms with Crippen molar-refractivity contribution in [1.29, 1.82) is 0 Å². The second kappa shape index (κ2) is 67.9. The van der Waals surface area contributed by atoms with Gasteiger partial charge in [-0.05, 0) is 57.8 Å². The second-order valence-electron chi connectivity index (χ2n) is 23.8. The molecule has 462 valence electrons. The van der Waals surface area contributed by atoms with E-state index >= 15 is 0 Å². The number of hydrogen-bond donors (Lipinski definition) is 0. The Kier molecular flexibility index (Phi) is 65.6. The van der Waals surface area contributed by atoms with Gasteiger partial charge in [-0.15, -0.1) is 0 Å². The Labute approximate surface area is 492 Å². The van der Waals surface area contributed by atoms with E-state index in [1.807, 2.05) is 0 Å². The van der Waals surface area contributed by atoms with Crippen molar-refractivity contribution < 1.29 is 28.6 Å². The van der Waals surface area contributed by atoms with Gasteiger partial charge in [0, 0.05) is 19.3 Å². The van der Waals surface area contributed by atoms with Gasteiger partial charge in [-0.1, -0.05) is 352 Å². The quantitative estimate of drug-likeness (QED) is 0.0261. The molecule has 1 atom stereocenters. The van der Waals surface area contributed by atoms with Gasteiger partial charge in [-0.3, -0.25) is 14.4 Å². The summed E-state index contributed by atoms with van der Waals surface area (Å²) in [6.07, 6.45) is 85.9. The minimum Gasteiger partial charge on any atom is -0.462 e. The van der Waals surface area contributed by atoms with E-state index in [-0.39, 0.29) is 31.1 Å². The highest BCUT2D eigenvalue weighted by Crippen LogP contribution is 2.19. The van der Waals surface area contributed by atoms with Crippen molar-refractivity contribution in [3.63, 3.8) is 0 Å². The fraction of sp³-hybridized carbons (Fsp3) is 0.849. The van der Waals surface area contributed by atoms with Gasteiger partial charge in [0.15, 0.2) is 6.10 Å². The van der Waals surface area contributed by atoms with Crippen LogP contribution in [0, 0.1) is 0 Å². The Morgan fingerprint density at radius 2 is 0.494 bits per heavy atom. The first-order chi connectivity index (χ1) is 39.0. The van der Waals surface area contributed by atoms with Crippen molar-refractivity contribution in [2.24, 2.45) is 0 Å². The van der Waals surface area contributed by atoms with Gasteiger partial charge in [0.1, 0.15) is 13.2 Å². The highest BCUT2D eigenvalue weighted by atomic mass is 16.6. The third-order valence-electron chi connectivity index (χ3n) is 15.8. The highest BCUT2D eigenvalue weighted by molar-refractivity contribution is 5.71. The van der Waals surface area contributed by atoms with Crippen LogP contribution in [-0.2, 0) is 28.6 Å². The molecule has 0 N–H and O–H groups in total. The molecule has 1 unspecified atom stereocenters. The first-order valence-corrected chi connectivity index (χ1v) is 35.1. The monoisotopic (exact) mass is 1110 g/mol.